The number of methoxy groups -OCH3 is 1. The average molecular weight is 589 g/mol. The van der Waals surface area contributed by atoms with Gasteiger partial charge in [0.1, 0.15) is 0 Å². The van der Waals surface area contributed by atoms with Crippen molar-refractivity contribution in [1.82, 2.24) is 4.98 Å². The number of nitrogen functional groups attached to an aromatic ring is 1. The van der Waals surface area contributed by atoms with E-state index in [9.17, 15) is 9.59 Å². The van der Waals surface area contributed by atoms with E-state index in [2.05, 4.69) is 18.8 Å². The minimum atomic E-state index is -2.03. The maximum absolute atomic E-state index is 12.8. The second-order valence-corrected chi connectivity index (χ2v) is 17.1. The summed E-state index contributed by atoms with van der Waals surface area (Å²) in [4.78, 5) is 29.3. The Bertz CT molecular complexity index is 1500. The number of aldehydes is 1. The third kappa shape index (κ3) is 3.97. The Balaban J connectivity index is 1.55. The van der Waals surface area contributed by atoms with Gasteiger partial charge in [-0.15, -0.1) is 11.3 Å². The van der Waals surface area contributed by atoms with E-state index in [1.165, 1.54) is 11.3 Å². The number of amides is 1. The summed E-state index contributed by atoms with van der Waals surface area (Å²) in [6.45, 7) is 0. The zero-order valence-corrected chi connectivity index (χ0v) is 23.4. The van der Waals surface area contributed by atoms with E-state index in [1.54, 1.807) is 24.6 Å². The number of fused-ring (bicyclic) bond motifs is 1. The van der Waals surface area contributed by atoms with Crippen LogP contribution in [-0.2, 0) is 4.79 Å². The number of ether oxygens (including phenoxy) is 1. The molecule has 3 aromatic heterocycles. The summed E-state index contributed by atoms with van der Waals surface area (Å²) in [7, 11) is 1.59. The van der Waals surface area contributed by atoms with E-state index in [1.807, 2.05) is 47.2 Å². The molecular formula is C25H20InN3O3S2. The fourth-order valence-corrected chi connectivity index (χ4v) is 10.4. The Morgan fingerprint density at radius 2 is 2.06 bits per heavy atom. The first-order valence-electron chi connectivity index (χ1n) is 10.6. The molecule has 168 valence electrons. The average Bonchev–Trinajstić information content (AvgIpc) is 3.59. The predicted molar refractivity (Wildman–Crippen MR) is 142 cm³/mol. The second kappa shape index (κ2) is 9.40. The standard InChI is InChI=1S/C24H17N3O3S2.CH3.In/c1-3-4-5-21(29)27-18-7-6-14(10-19(18)30-2)17-13-32-23-16(11-26-24(25)22(17)23)15-8-9-31-20(15)12-28;;/h1,3-4,6-13H,2H3,(H2,25,26)(H,27,29);1H3;. The van der Waals surface area contributed by atoms with Gasteiger partial charge in [-0.05, 0) is 11.4 Å². The minimum absolute atomic E-state index is 0.0554. The van der Waals surface area contributed by atoms with Crippen molar-refractivity contribution in [3.8, 4) is 28.0 Å². The Hall–Kier alpha value is -2.88. The van der Waals surface area contributed by atoms with Crippen LogP contribution in [0.5, 0.6) is 5.75 Å². The first-order valence-corrected chi connectivity index (χ1v) is 19.2. The normalized spacial score (nSPS) is 12.8. The zero-order chi connectivity index (χ0) is 23.8. The number of benzene rings is 1. The number of hydrogen-bond donors (Lipinski definition) is 2. The Morgan fingerprint density at radius 3 is 2.79 bits per heavy atom. The molecule has 1 aromatic carbocycles. The van der Waals surface area contributed by atoms with Crippen LogP contribution in [0.15, 0.2) is 60.5 Å². The quantitative estimate of drug-likeness (QED) is 0.280. The molecule has 0 spiro atoms. The number of pyridine rings is 1. The van der Waals surface area contributed by atoms with E-state index >= 15 is 0 Å². The van der Waals surface area contributed by atoms with E-state index in [0.29, 0.717) is 22.1 Å². The van der Waals surface area contributed by atoms with Crippen molar-refractivity contribution in [3.05, 3.63) is 65.4 Å². The van der Waals surface area contributed by atoms with Gasteiger partial charge in [-0.3, -0.25) is 4.79 Å². The molecule has 4 heterocycles. The van der Waals surface area contributed by atoms with Crippen molar-refractivity contribution in [3.63, 3.8) is 0 Å². The van der Waals surface area contributed by atoms with Gasteiger partial charge in [0.25, 0.3) is 0 Å². The van der Waals surface area contributed by atoms with Gasteiger partial charge in [-0.2, -0.15) is 0 Å². The molecule has 4 aromatic rings. The number of nitrogens with zero attached hydrogens (tertiary/aromatic N) is 1. The molecule has 0 atom stereocenters. The monoisotopic (exact) mass is 589 g/mol. The second-order valence-electron chi connectivity index (χ2n) is 7.89. The van der Waals surface area contributed by atoms with Gasteiger partial charge in [0.05, 0.1) is 4.88 Å². The molecule has 34 heavy (non-hydrogen) atoms. The molecule has 1 aliphatic heterocycles. The van der Waals surface area contributed by atoms with Crippen molar-refractivity contribution < 1.29 is 14.3 Å². The fourth-order valence-electron chi connectivity index (χ4n) is 4.13. The number of rotatable bonds is 6. The van der Waals surface area contributed by atoms with Crippen LogP contribution in [0, 0.1) is 0 Å². The van der Waals surface area contributed by atoms with Gasteiger partial charge in [0.2, 0.25) is 0 Å². The van der Waals surface area contributed by atoms with Crippen LogP contribution in [0.1, 0.15) is 9.67 Å². The van der Waals surface area contributed by atoms with Gasteiger partial charge in [0, 0.05) is 0 Å². The molecule has 1 amide bonds. The number of thiophene rings is 2. The number of allylic oxidation sites excluding steroid dienone is 2. The van der Waals surface area contributed by atoms with Gasteiger partial charge >= 0.3 is 175 Å². The number of nitrogens with two attached hydrogens (primary N) is 1. The molecule has 0 bridgehead atoms. The summed E-state index contributed by atoms with van der Waals surface area (Å²) < 4.78 is 11.9. The number of carbonyl (C=O) groups excluding carboxylic acids is 2. The van der Waals surface area contributed by atoms with Crippen molar-refractivity contribution in [2.45, 2.75) is 4.68 Å². The summed E-state index contributed by atoms with van der Waals surface area (Å²) in [5, 5.41) is 7.79. The number of anilines is 2. The van der Waals surface area contributed by atoms with Crippen LogP contribution in [0.25, 0.3) is 32.3 Å². The number of carbonyl (C=O) groups is 2. The van der Waals surface area contributed by atoms with Gasteiger partial charge < -0.3 is 0 Å². The molecule has 0 fully saturated rings. The molecule has 1 aliphatic rings. The van der Waals surface area contributed by atoms with E-state index in [0.717, 1.165) is 42.0 Å². The van der Waals surface area contributed by atoms with Crippen LogP contribution < -0.4 is 15.8 Å². The van der Waals surface area contributed by atoms with Crippen molar-refractivity contribution in [2.24, 2.45) is 0 Å². The van der Waals surface area contributed by atoms with E-state index < -0.39 is 21.4 Å². The zero-order valence-electron chi connectivity index (χ0n) is 18.5. The molecule has 0 saturated heterocycles. The molecule has 3 N–H and O–H groups in total. The van der Waals surface area contributed by atoms with Crippen LogP contribution in [0.2, 0.25) is 4.68 Å². The van der Waals surface area contributed by atoms with E-state index in [-0.39, 0.29) is 5.91 Å². The molecule has 5 rings (SSSR count). The molecule has 0 radical (unpaired) electrons. The van der Waals surface area contributed by atoms with Crippen molar-refractivity contribution >= 4 is 77.9 Å². The molecular weight excluding hydrogens is 569 g/mol. The van der Waals surface area contributed by atoms with Crippen LogP contribution in [-0.4, -0.2) is 45.7 Å². The maximum atomic E-state index is 12.8. The fraction of sp³-hybridized carbons (Fsp3) is 0.0800. The summed E-state index contributed by atoms with van der Waals surface area (Å²) >= 11 is 0.933. The molecule has 0 saturated carbocycles. The first kappa shape index (κ1) is 22.9. The Kier molecular flexibility index (Phi) is 6.33. The third-order valence-corrected chi connectivity index (χ3v) is 14.1. The molecule has 0 unspecified atom stereocenters. The summed E-state index contributed by atoms with van der Waals surface area (Å²) in [5.41, 5.74) is 10.5. The van der Waals surface area contributed by atoms with Gasteiger partial charge in [-0.25, -0.2) is 0 Å². The van der Waals surface area contributed by atoms with Crippen molar-refractivity contribution in [2.75, 3.05) is 18.2 Å². The van der Waals surface area contributed by atoms with Gasteiger partial charge in [-0.1, -0.05) is 0 Å². The molecule has 6 nitrogen and oxygen atoms in total. The summed E-state index contributed by atoms with van der Waals surface area (Å²) in [6.07, 6.45) is 6.51. The number of hydrogen-bond acceptors (Lipinski definition) is 7. The number of nitrogens with one attached hydrogen (secondary N) is 1. The predicted octanol–water partition coefficient (Wildman–Crippen LogP) is 5.73. The van der Waals surface area contributed by atoms with Crippen LogP contribution in [0.4, 0.5) is 11.5 Å². The molecule has 0 aliphatic carbocycles. The topological polar surface area (TPSA) is 94.3 Å². The van der Waals surface area contributed by atoms with Gasteiger partial charge in [0.15, 0.2) is 6.29 Å². The molecule has 9 heteroatoms. The van der Waals surface area contributed by atoms with E-state index in [4.69, 9.17) is 10.5 Å². The summed E-state index contributed by atoms with van der Waals surface area (Å²) in [6, 6.07) is 7.64. The third-order valence-electron chi connectivity index (χ3n) is 5.91. The van der Waals surface area contributed by atoms with Crippen molar-refractivity contribution in [1.29, 1.82) is 0 Å². The SMILES string of the molecule is COc1cc(-c2csc3c(-c4ccsc4C=O)cnc(N)c23)ccc1NC(=O)[C]1=CC=[CH][In]1[CH3]. The first-order chi connectivity index (χ1) is 16.5. The Morgan fingerprint density at radius 1 is 1.21 bits per heavy atom. The summed E-state index contributed by atoms with van der Waals surface area (Å²) in [5.74, 6) is 0.944. The van der Waals surface area contributed by atoms with Crippen LogP contribution >= 0.6 is 22.7 Å². The Labute approximate surface area is 212 Å². The number of aromatic nitrogens is 1. The van der Waals surface area contributed by atoms with Crippen LogP contribution in [0.3, 0.4) is 0 Å².